The summed E-state index contributed by atoms with van der Waals surface area (Å²) < 4.78 is 0. The Hall–Kier alpha value is -2.86. The Bertz CT molecular complexity index is 871. The minimum Gasteiger partial charge on any atom is -0.506 e. The smallest absolute Gasteiger partial charge is 0.225 e. The molecule has 6 nitrogen and oxygen atoms in total. The van der Waals surface area contributed by atoms with Gasteiger partial charge in [-0.15, -0.1) is 0 Å². The van der Waals surface area contributed by atoms with Crippen molar-refractivity contribution in [2.45, 2.75) is 19.9 Å². The number of rotatable bonds is 5. The molecule has 128 valence electrons. The van der Waals surface area contributed by atoms with Crippen molar-refractivity contribution < 1.29 is 5.11 Å². The summed E-state index contributed by atoms with van der Waals surface area (Å²) in [6.07, 6.45) is 3.42. The summed E-state index contributed by atoms with van der Waals surface area (Å²) >= 11 is 6.01. The van der Waals surface area contributed by atoms with Gasteiger partial charge in [-0.1, -0.05) is 11.6 Å². The molecular formula is C18H18ClN5O. The van der Waals surface area contributed by atoms with Gasteiger partial charge in [-0.2, -0.15) is 4.98 Å². The monoisotopic (exact) mass is 355 g/mol. The van der Waals surface area contributed by atoms with Gasteiger partial charge in [-0.05, 0) is 44.2 Å². The van der Waals surface area contributed by atoms with E-state index in [0.717, 1.165) is 11.3 Å². The van der Waals surface area contributed by atoms with Crippen LogP contribution in [0.5, 0.6) is 5.75 Å². The summed E-state index contributed by atoms with van der Waals surface area (Å²) in [6.45, 7) is 4.02. The molecule has 3 aromatic rings. The number of aromatic hydroxyl groups is 1. The van der Waals surface area contributed by atoms with E-state index >= 15 is 0 Å². The Kier molecular flexibility index (Phi) is 5.00. The molecule has 0 aliphatic carbocycles. The molecule has 1 aromatic carbocycles. The number of nitrogens with one attached hydrogen (secondary N) is 2. The number of halogens is 1. The highest BCUT2D eigenvalue weighted by atomic mass is 35.5. The van der Waals surface area contributed by atoms with E-state index in [4.69, 9.17) is 11.6 Å². The fourth-order valence-electron chi connectivity index (χ4n) is 2.25. The topological polar surface area (TPSA) is 83.0 Å². The highest BCUT2D eigenvalue weighted by Crippen LogP contribution is 2.30. The third-order valence-corrected chi connectivity index (χ3v) is 3.58. The molecule has 0 unspecified atom stereocenters. The second-order valence-corrected chi connectivity index (χ2v) is 6.22. The Balaban J connectivity index is 2.01. The van der Waals surface area contributed by atoms with Gasteiger partial charge in [-0.25, -0.2) is 4.98 Å². The van der Waals surface area contributed by atoms with Gasteiger partial charge in [-0.3, -0.25) is 4.98 Å². The van der Waals surface area contributed by atoms with E-state index in [1.807, 2.05) is 26.0 Å². The number of hydrogen-bond acceptors (Lipinski definition) is 6. The van der Waals surface area contributed by atoms with Crippen molar-refractivity contribution in [2.24, 2.45) is 0 Å². The second-order valence-electron chi connectivity index (χ2n) is 5.78. The number of anilines is 3. The molecule has 0 aliphatic rings. The maximum atomic E-state index is 10.0. The minimum absolute atomic E-state index is 0.0897. The zero-order chi connectivity index (χ0) is 17.8. The van der Waals surface area contributed by atoms with Gasteiger partial charge >= 0.3 is 0 Å². The first kappa shape index (κ1) is 17.0. The lowest BCUT2D eigenvalue weighted by atomic mass is 10.2. The molecule has 2 aromatic heterocycles. The fourth-order valence-corrected chi connectivity index (χ4v) is 2.42. The molecule has 2 heterocycles. The van der Waals surface area contributed by atoms with Gasteiger partial charge in [0.25, 0.3) is 0 Å². The van der Waals surface area contributed by atoms with E-state index in [-0.39, 0.29) is 11.8 Å². The molecule has 25 heavy (non-hydrogen) atoms. The lowest BCUT2D eigenvalue weighted by molar-refractivity contribution is 0.477. The zero-order valence-electron chi connectivity index (χ0n) is 13.9. The number of aromatic nitrogens is 3. The molecule has 0 saturated heterocycles. The van der Waals surface area contributed by atoms with Gasteiger partial charge in [0.05, 0.1) is 11.4 Å². The number of hydrogen-bond donors (Lipinski definition) is 3. The number of phenolic OH excluding ortho intramolecular Hbond substituents is 1. The van der Waals surface area contributed by atoms with E-state index in [1.54, 1.807) is 30.6 Å². The van der Waals surface area contributed by atoms with Crippen LogP contribution in [-0.4, -0.2) is 26.1 Å². The molecule has 0 bridgehead atoms. The molecule has 3 N–H and O–H groups in total. The van der Waals surface area contributed by atoms with E-state index in [2.05, 4.69) is 25.6 Å². The van der Waals surface area contributed by atoms with Crippen LogP contribution in [0.15, 0.2) is 48.8 Å². The average molecular weight is 356 g/mol. The largest absolute Gasteiger partial charge is 0.506 e. The van der Waals surface area contributed by atoms with Crippen LogP contribution >= 0.6 is 11.6 Å². The van der Waals surface area contributed by atoms with Crippen molar-refractivity contribution in [1.82, 2.24) is 15.0 Å². The molecule has 0 radical (unpaired) electrons. The van der Waals surface area contributed by atoms with Crippen molar-refractivity contribution in [2.75, 3.05) is 10.6 Å². The standard InChI is InChI=1S/C18H18ClN5O/c1-11(2)21-18-23-14(12-5-7-20-8-6-12)10-17(24-18)22-15-9-13(19)3-4-16(15)25/h3-11,25H,1-2H3,(H2,21,22,23,24). The molecule has 0 aliphatic heterocycles. The highest BCUT2D eigenvalue weighted by molar-refractivity contribution is 6.30. The number of phenols is 1. The zero-order valence-corrected chi connectivity index (χ0v) is 14.6. The molecule has 0 fully saturated rings. The number of pyridine rings is 1. The molecule has 7 heteroatoms. The molecule has 0 saturated carbocycles. The van der Waals surface area contributed by atoms with Gasteiger partial charge < -0.3 is 15.7 Å². The molecule has 0 spiro atoms. The highest BCUT2D eigenvalue weighted by Gasteiger charge is 2.10. The molecule has 3 rings (SSSR count). The van der Waals surface area contributed by atoms with E-state index in [0.29, 0.717) is 22.5 Å². The van der Waals surface area contributed by atoms with Crippen molar-refractivity contribution in [3.8, 4) is 17.0 Å². The Morgan fingerprint density at radius 2 is 1.80 bits per heavy atom. The first-order chi connectivity index (χ1) is 12.0. The third kappa shape index (κ3) is 4.36. The predicted octanol–water partition coefficient (Wildman–Crippen LogP) is 4.46. The van der Waals surface area contributed by atoms with Gasteiger partial charge in [0, 0.05) is 35.1 Å². The van der Waals surface area contributed by atoms with Crippen molar-refractivity contribution >= 4 is 29.1 Å². The molecule has 0 atom stereocenters. The van der Waals surface area contributed by atoms with Crippen LogP contribution in [0.3, 0.4) is 0 Å². The Morgan fingerprint density at radius 3 is 2.52 bits per heavy atom. The summed E-state index contributed by atoms with van der Waals surface area (Å²) in [5.74, 6) is 1.13. The van der Waals surface area contributed by atoms with E-state index < -0.39 is 0 Å². The van der Waals surface area contributed by atoms with Crippen LogP contribution in [0.2, 0.25) is 5.02 Å². The van der Waals surface area contributed by atoms with Crippen molar-refractivity contribution in [3.63, 3.8) is 0 Å². The van der Waals surface area contributed by atoms with Crippen LogP contribution in [0, 0.1) is 0 Å². The summed E-state index contributed by atoms with van der Waals surface area (Å²) in [7, 11) is 0. The number of nitrogens with zero attached hydrogens (tertiary/aromatic N) is 3. The van der Waals surface area contributed by atoms with Crippen molar-refractivity contribution in [1.29, 1.82) is 0 Å². The lowest BCUT2D eigenvalue weighted by Crippen LogP contribution is -2.13. The van der Waals surface area contributed by atoms with Crippen molar-refractivity contribution in [3.05, 3.63) is 53.8 Å². The predicted molar refractivity (Wildman–Crippen MR) is 100 cm³/mol. The minimum atomic E-state index is 0.0897. The SMILES string of the molecule is CC(C)Nc1nc(Nc2cc(Cl)ccc2O)cc(-c2ccncc2)n1. The Morgan fingerprint density at radius 1 is 1.04 bits per heavy atom. The quantitative estimate of drug-likeness (QED) is 0.586. The summed E-state index contributed by atoms with van der Waals surface area (Å²) in [4.78, 5) is 13.0. The summed E-state index contributed by atoms with van der Waals surface area (Å²) in [6, 6.07) is 10.5. The second kappa shape index (κ2) is 7.36. The van der Waals surface area contributed by atoms with Crippen LogP contribution < -0.4 is 10.6 Å². The first-order valence-electron chi connectivity index (χ1n) is 7.83. The molecular weight excluding hydrogens is 338 g/mol. The van der Waals surface area contributed by atoms with E-state index in [9.17, 15) is 5.11 Å². The average Bonchev–Trinajstić information content (AvgIpc) is 2.58. The van der Waals surface area contributed by atoms with Gasteiger partial charge in [0.1, 0.15) is 11.6 Å². The van der Waals surface area contributed by atoms with Crippen LogP contribution in [0.4, 0.5) is 17.5 Å². The third-order valence-electron chi connectivity index (χ3n) is 3.34. The normalized spacial score (nSPS) is 10.7. The summed E-state index contributed by atoms with van der Waals surface area (Å²) in [5.41, 5.74) is 2.13. The summed E-state index contributed by atoms with van der Waals surface area (Å²) in [5, 5.41) is 16.8. The maximum Gasteiger partial charge on any atom is 0.225 e. The fraction of sp³-hybridized carbons (Fsp3) is 0.167. The number of benzene rings is 1. The first-order valence-corrected chi connectivity index (χ1v) is 8.20. The Labute approximate surface area is 150 Å². The van der Waals surface area contributed by atoms with Gasteiger partial charge in [0.15, 0.2) is 0 Å². The van der Waals surface area contributed by atoms with Gasteiger partial charge in [0.2, 0.25) is 5.95 Å². The van der Waals surface area contributed by atoms with Crippen LogP contribution in [-0.2, 0) is 0 Å². The maximum absolute atomic E-state index is 10.0. The van der Waals surface area contributed by atoms with Crippen LogP contribution in [0.1, 0.15) is 13.8 Å². The lowest BCUT2D eigenvalue weighted by Gasteiger charge is -2.14. The van der Waals surface area contributed by atoms with E-state index in [1.165, 1.54) is 6.07 Å². The molecule has 0 amide bonds. The van der Waals surface area contributed by atoms with Crippen LogP contribution in [0.25, 0.3) is 11.3 Å².